The first-order valence-electron chi connectivity index (χ1n) is 7.42. The maximum atomic E-state index is 12.4. The van der Waals surface area contributed by atoms with Crippen LogP contribution in [0.15, 0.2) is 52.8 Å². The number of aromatic nitrogens is 3. The van der Waals surface area contributed by atoms with Crippen molar-refractivity contribution in [2.45, 2.75) is 10.1 Å². The molecule has 0 radical (unpaired) electrons. The van der Waals surface area contributed by atoms with Crippen LogP contribution in [-0.2, 0) is 7.05 Å². The van der Waals surface area contributed by atoms with Gasteiger partial charge in [0.15, 0.2) is 5.16 Å². The smallest absolute Gasteiger partial charge is 0.284 e. The predicted octanol–water partition coefficient (Wildman–Crippen LogP) is 4.43. The van der Waals surface area contributed by atoms with Crippen LogP contribution < -0.4 is 5.32 Å². The summed E-state index contributed by atoms with van der Waals surface area (Å²) in [6, 6.07) is 8.83. The molecule has 27 heavy (non-hydrogen) atoms. The number of amides is 1. The van der Waals surface area contributed by atoms with Gasteiger partial charge >= 0.3 is 0 Å². The molecule has 138 valence electrons. The van der Waals surface area contributed by atoms with E-state index >= 15 is 0 Å². The zero-order valence-corrected chi connectivity index (χ0v) is 16.0. The summed E-state index contributed by atoms with van der Waals surface area (Å²) in [5.74, 6) is -0.508. The van der Waals surface area contributed by atoms with Crippen LogP contribution in [0.4, 0.5) is 11.4 Å². The normalized spacial score (nSPS) is 10.6. The molecule has 0 aliphatic rings. The summed E-state index contributed by atoms with van der Waals surface area (Å²) in [6.07, 6.45) is 1.49. The zero-order valence-electron chi connectivity index (χ0n) is 13.7. The number of carbonyl (C=O) groups is 1. The lowest BCUT2D eigenvalue weighted by Crippen LogP contribution is -2.12. The molecule has 0 aliphatic heterocycles. The molecule has 1 N–H and O–H groups in total. The van der Waals surface area contributed by atoms with Crippen LogP contribution in [0.1, 0.15) is 10.4 Å². The van der Waals surface area contributed by atoms with Gasteiger partial charge in [-0.3, -0.25) is 14.9 Å². The topological polar surface area (TPSA) is 103 Å². The molecule has 0 bridgehead atoms. The number of nitrogens with one attached hydrogen (secondary N) is 1. The van der Waals surface area contributed by atoms with E-state index in [-0.39, 0.29) is 16.3 Å². The van der Waals surface area contributed by atoms with Gasteiger partial charge in [0.1, 0.15) is 6.33 Å². The van der Waals surface area contributed by atoms with Gasteiger partial charge in [-0.2, -0.15) is 0 Å². The third-order valence-corrected chi connectivity index (χ3v) is 5.32. The molecule has 0 saturated carbocycles. The number of carbonyl (C=O) groups excluding carboxylic acids is 1. The number of anilines is 1. The molecule has 0 aliphatic carbocycles. The summed E-state index contributed by atoms with van der Waals surface area (Å²) >= 11 is 12.9. The Bertz CT molecular complexity index is 1040. The molecule has 3 aromatic rings. The number of nitro groups is 1. The van der Waals surface area contributed by atoms with Crippen molar-refractivity contribution in [3.05, 3.63) is 68.4 Å². The standard InChI is InChI=1S/C16H11Cl2N5O3S/c1-22-8-19-21-16(22)27-14-5-2-9(6-13(14)23(25)26)15(24)20-10-3-4-11(17)12(18)7-10/h2-8H,1H3,(H,20,24). The molecular weight excluding hydrogens is 413 g/mol. The largest absolute Gasteiger partial charge is 0.322 e. The molecule has 0 atom stereocenters. The minimum atomic E-state index is -0.547. The number of nitrogens with zero attached hydrogens (tertiary/aromatic N) is 4. The average molecular weight is 424 g/mol. The third-order valence-electron chi connectivity index (χ3n) is 3.47. The van der Waals surface area contributed by atoms with Gasteiger partial charge in [0.2, 0.25) is 0 Å². The van der Waals surface area contributed by atoms with Crippen molar-refractivity contribution in [3.8, 4) is 0 Å². The highest BCUT2D eigenvalue weighted by Gasteiger charge is 2.20. The van der Waals surface area contributed by atoms with Gasteiger partial charge in [-0.15, -0.1) is 10.2 Å². The molecule has 1 heterocycles. The molecule has 11 heteroatoms. The lowest BCUT2D eigenvalue weighted by Gasteiger charge is -2.08. The van der Waals surface area contributed by atoms with Crippen LogP contribution in [0.25, 0.3) is 0 Å². The first-order chi connectivity index (χ1) is 12.8. The maximum Gasteiger partial charge on any atom is 0.284 e. The number of nitro benzene ring substituents is 1. The molecule has 3 rings (SSSR count). The van der Waals surface area contributed by atoms with E-state index in [0.29, 0.717) is 20.8 Å². The van der Waals surface area contributed by atoms with E-state index < -0.39 is 10.8 Å². The van der Waals surface area contributed by atoms with Crippen molar-refractivity contribution in [1.29, 1.82) is 0 Å². The van der Waals surface area contributed by atoms with Gasteiger partial charge in [0, 0.05) is 24.4 Å². The highest BCUT2D eigenvalue weighted by atomic mass is 35.5. The Morgan fingerprint density at radius 3 is 2.63 bits per heavy atom. The summed E-state index contributed by atoms with van der Waals surface area (Å²) in [7, 11) is 1.73. The fourth-order valence-corrected chi connectivity index (χ4v) is 3.28. The Kier molecular flexibility index (Phi) is 5.64. The van der Waals surface area contributed by atoms with Crippen molar-refractivity contribution >= 4 is 52.2 Å². The van der Waals surface area contributed by atoms with E-state index in [1.54, 1.807) is 23.7 Å². The predicted molar refractivity (Wildman–Crippen MR) is 103 cm³/mol. The third kappa shape index (κ3) is 4.38. The van der Waals surface area contributed by atoms with Crippen molar-refractivity contribution in [2.75, 3.05) is 5.32 Å². The van der Waals surface area contributed by atoms with E-state index in [0.717, 1.165) is 11.8 Å². The minimum Gasteiger partial charge on any atom is -0.322 e. The van der Waals surface area contributed by atoms with Crippen LogP contribution in [-0.4, -0.2) is 25.6 Å². The van der Waals surface area contributed by atoms with Crippen molar-refractivity contribution in [3.63, 3.8) is 0 Å². The van der Waals surface area contributed by atoms with Gasteiger partial charge in [-0.25, -0.2) is 0 Å². The number of benzene rings is 2. The fourth-order valence-electron chi connectivity index (χ4n) is 2.13. The monoisotopic (exact) mass is 423 g/mol. The number of halogens is 2. The zero-order chi connectivity index (χ0) is 19.6. The number of hydrogen-bond donors (Lipinski definition) is 1. The van der Waals surface area contributed by atoms with Crippen molar-refractivity contribution in [2.24, 2.45) is 7.05 Å². The number of hydrogen-bond acceptors (Lipinski definition) is 6. The Hall–Kier alpha value is -2.62. The lowest BCUT2D eigenvalue weighted by atomic mass is 10.2. The van der Waals surface area contributed by atoms with Crippen molar-refractivity contribution in [1.82, 2.24) is 14.8 Å². The molecule has 0 unspecified atom stereocenters. The van der Waals surface area contributed by atoms with Crippen LogP contribution in [0, 0.1) is 10.1 Å². The van der Waals surface area contributed by atoms with Gasteiger partial charge in [0.05, 0.1) is 19.9 Å². The second kappa shape index (κ2) is 7.95. The fraction of sp³-hybridized carbons (Fsp3) is 0.0625. The van der Waals surface area contributed by atoms with Gasteiger partial charge in [-0.1, -0.05) is 23.2 Å². The van der Waals surface area contributed by atoms with Gasteiger partial charge in [-0.05, 0) is 42.1 Å². The summed E-state index contributed by atoms with van der Waals surface area (Å²) in [4.78, 5) is 23.7. The quantitative estimate of drug-likeness (QED) is 0.480. The average Bonchev–Trinajstić information content (AvgIpc) is 3.03. The van der Waals surface area contributed by atoms with Crippen LogP contribution in [0.3, 0.4) is 0 Å². The van der Waals surface area contributed by atoms with Gasteiger partial charge < -0.3 is 9.88 Å². The number of rotatable bonds is 5. The van der Waals surface area contributed by atoms with E-state index in [1.165, 1.54) is 30.6 Å². The molecule has 1 aromatic heterocycles. The summed E-state index contributed by atoms with van der Waals surface area (Å²) in [5, 5.41) is 22.8. The molecule has 0 fully saturated rings. The molecule has 8 nitrogen and oxygen atoms in total. The first kappa shape index (κ1) is 19.2. The second-order valence-corrected chi connectivity index (χ2v) is 7.17. The van der Waals surface area contributed by atoms with Crippen LogP contribution in [0.2, 0.25) is 10.0 Å². The minimum absolute atomic E-state index is 0.134. The van der Waals surface area contributed by atoms with Crippen LogP contribution >= 0.6 is 35.0 Å². The maximum absolute atomic E-state index is 12.4. The van der Waals surface area contributed by atoms with Crippen molar-refractivity contribution < 1.29 is 9.72 Å². The lowest BCUT2D eigenvalue weighted by molar-refractivity contribution is -0.387. The molecule has 0 spiro atoms. The summed E-state index contributed by atoms with van der Waals surface area (Å²) < 4.78 is 1.64. The first-order valence-corrected chi connectivity index (χ1v) is 8.99. The SMILES string of the molecule is Cn1cnnc1Sc1ccc(C(=O)Nc2ccc(Cl)c(Cl)c2)cc1[N+](=O)[O-]. The highest BCUT2D eigenvalue weighted by Crippen LogP contribution is 2.34. The Labute approximate surface area is 167 Å². The van der Waals surface area contributed by atoms with E-state index in [4.69, 9.17) is 23.2 Å². The van der Waals surface area contributed by atoms with E-state index in [2.05, 4.69) is 15.5 Å². The van der Waals surface area contributed by atoms with E-state index in [9.17, 15) is 14.9 Å². The molecule has 0 saturated heterocycles. The number of aryl methyl sites for hydroxylation is 1. The molecule has 2 aromatic carbocycles. The molecular formula is C16H11Cl2N5O3S. The van der Waals surface area contributed by atoms with E-state index in [1.807, 2.05) is 0 Å². The molecule has 1 amide bonds. The second-order valence-electron chi connectivity index (χ2n) is 5.35. The summed E-state index contributed by atoms with van der Waals surface area (Å²) in [5.41, 5.74) is 0.356. The summed E-state index contributed by atoms with van der Waals surface area (Å²) in [6.45, 7) is 0. The Morgan fingerprint density at radius 1 is 1.22 bits per heavy atom. The highest BCUT2D eigenvalue weighted by molar-refractivity contribution is 7.99. The Morgan fingerprint density at radius 2 is 2.00 bits per heavy atom. The van der Waals surface area contributed by atoms with Crippen LogP contribution in [0.5, 0.6) is 0 Å². The Balaban J connectivity index is 1.86. The van der Waals surface area contributed by atoms with Gasteiger partial charge in [0.25, 0.3) is 11.6 Å².